The molecule has 14 heavy (non-hydrogen) atoms. The highest BCUT2D eigenvalue weighted by Gasteiger charge is 2.24. The van der Waals surface area contributed by atoms with Crippen LogP contribution in [0.5, 0.6) is 0 Å². The minimum absolute atomic E-state index is 0.430. The fourth-order valence-corrected chi connectivity index (χ4v) is 1.80. The maximum absolute atomic E-state index is 5.89. The van der Waals surface area contributed by atoms with Gasteiger partial charge in [-0.3, -0.25) is 0 Å². The molecule has 0 radical (unpaired) electrons. The summed E-state index contributed by atoms with van der Waals surface area (Å²) >= 11 is 0. The largest absolute Gasteiger partial charge is 0.328 e. The average molecular weight is 198 g/mol. The van der Waals surface area contributed by atoms with Gasteiger partial charge in [0.05, 0.1) is 0 Å². The first-order chi connectivity index (χ1) is 6.39. The lowest BCUT2D eigenvalue weighted by Gasteiger charge is -2.36. The molecular weight excluding hydrogens is 172 g/mol. The van der Waals surface area contributed by atoms with Crippen LogP contribution >= 0.6 is 0 Å². The van der Waals surface area contributed by atoms with Crippen molar-refractivity contribution in [3.05, 3.63) is 0 Å². The summed E-state index contributed by atoms with van der Waals surface area (Å²) in [7, 11) is 0. The fraction of sp³-hybridized carbons (Fsp3) is 1.00. The maximum atomic E-state index is 5.89. The predicted octanol–water partition coefficient (Wildman–Crippen LogP) is 2.09. The molecule has 0 spiro atoms. The van der Waals surface area contributed by atoms with Crippen molar-refractivity contribution in [2.45, 2.75) is 46.6 Å². The quantitative estimate of drug-likeness (QED) is 0.736. The SMILES string of the molecule is CC(CN1CCC(N)CC1)C(C)(C)C. The van der Waals surface area contributed by atoms with Gasteiger partial charge in [0.1, 0.15) is 0 Å². The molecule has 0 amide bonds. The zero-order chi connectivity index (χ0) is 10.8. The summed E-state index contributed by atoms with van der Waals surface area (Å²) in [5.41, 5.74) is 6.32. The zero-order valence-corrected chi connectivity index (χ0v) is 10.2. The lowest BCUT2D eigenvalue weighted by molar-refractivity contribution is 0.136. The molecule has 84 valence electrons. The van der Waals surface area contributed by atoms with E-state index in [1.54, 1.807) is 0 Å². The van der Waals surface area contributed by atoms with Crippen LogP contribution in [0.4, 0.5) is 0 Å². The van der Waals surface area contributed by atoms with Crippen molar-refractivity contribution in [3.63, 3.8) is 0 Å². The molecule has 1 aliphatic rings. The Morgan fingerprint density at radius 2 is 1.79 bits per heavy atom. The van der Waals surface area contributed by atoms with E-state index in [0.717, 1.165) is 5.92 Å². The third kappa shape index (κ3) is 3.58. The first-order valence-electron chi connectivity index (χ1n) is 5.87. The molecule has 0 aliphatic carbocycles. The Morgan fingerprint density at radius 1 is 1.29 bits per heavy atom. The monoisotopic (exact) mass is 198 g/mol. The Labute approximate surface area is 88.8 Å². The first kappa shape index (κ1) is 12.0. The Kier molecular flexibility index (Phi) is 3.96. The van der Waals surface area contributed by atoms with Crippen LogP contribution in [0.2, 0.25) is 0 Å². The van der Waals surface area contributed by atoms with Gasteiger partial charge in [0.15, 0.2) is 0 Å². The standard InChI is InChI=1S/C12H26N2/c1-10(12(2,3)4)9-14-7-5-11(13)6-8-14/h10-11H,5-9,13H2,1-4H3. The van der Waals surface area contributed by atoms with Crippen molar-refractivity contribution in [2.75, 3.05) is 19.6 Å². The van der Waals surface area contributed by atoms with Gasteiger partial charge in [-0.25, -0.2) is 0 Å². The van der Waals surface area contributed by atoms with Crippen LogP contribution in [-0.2, 0) is 0 Å². The molecule has 1 heterocycles. The summed E-state index contributed by atoms with van der Waals surface area (Å²) in [4.78, 5) is 2.57. The van der Waals surface area contributed by atoms with Crippen LogP contribution in [0.3, 0.4) is 0 Å². The number of nitrogens with two attached hydrogens (primary N) is 1. The molecule has 0 aromatic rings. The normalized spacial score (nSPS) is 23.8. The molecule has 0 aromatic carbocycles. The molecule has 1 fully saturated rings. The van der Waals surface area contributed by atoms with Gasteiger partial charge in [-0.15, -0.1) is 0 Å². The van der Waals surface area contributed by atoms with E-state index >= 15 is 0 Å². The second-order valence-electron chi connectivity index (χ2n) is 5.91. The van der Waals surface area contributed by atoms with Crippen LogP contribution in [0.1, 0.15) is 40.5 Å². The first-order valence-corrected chi connectivity index (χ1v) is 5.87. The number of hydrogen-bond acceptors (Lipinski definition) is 2. The highest BCUT2D eigenvalue weighted by atomic mass is 15.1. The number of likely N-dealkylation sites (tertiary alicyclic amines) is 1. The van der Waals surface area contributed by atoms with Gasteiger partial charge in [0.2, 0.25) is 0 Å². The van der Waals surface area contributed by atoms with Crippen molar-refractivity contribution >= 4 is 0 Å². The Balaban J connectivity index is 2.31. The van der Waals surface area contributed by atoms with Crippen LogP contribution < -0.4 is 5.73 Å². The Morgan fingerprint density at radius 3 is 2.21 bits per heavy atom. The minimum Gasteiger partial charge on any atom is -0.328 e. The predicted molar refractivity (Wildman–Crippen MR) is 62.3 cm³/mol. The third-order valence-electron chi connectivity index (χ3n) is 3.64. The minimum atomic E-state index is 0.430. The van der Waals surface area contributed by atoms with Gasteiger partial charge in [-0.2, -0.15) is 0 Å². The van der Waals surface area contributed by atoms with Gasteiger partial charge in [-0.05, 0) is 37.3 Å². The molecule has 1 saturated heterocycles. The van der Waals surface area contributed by atoms with Crippen molar-refractivity contribution in [2.24, 2.45) is 17.1 Å². The van der Waals surface area contributed by atoms with Crippen LogP contribution in [0, 0.1) is 11.3 Å². The fourth-order valence-electron chi connectivity index (χ4n) is 1.80. The summed E-state index contributed by atoms with van der Waals surface area (Å²) in [6.45, 7) is 13.0. The lowest BCUT2D eigenvalue weighted by atomic mass is 9.81. The summed E-state index contributed by atoms with van der Waals surface area (Å²) in [6.07, 6.45) is 2.35. The number of hydrogen-bond donors (Lipinski definition) is 1. The average Bonchev–Trinajstić information content (AvgIpc) is 2.07. The number of rotatable bonds is 2. The topological polar surface area (TPSA) is 29.3 Å². The Hall–Kier alpha value is -0.0800. The molecular formula is C12H26N2. The molecule has 0 bridgehead atoms. The molecule has 2 nitrogen and oxygen atoms in total. The van der Waals surface area contributed by atoms with E-state index in [0.29, 0.717) is 11.5 Å². The van der Waals surface area contributed by atoms with E-state index in [4.69, 9.17) is 5.73 Å². The third-order valence-corrected chi connectivity index (χ3v) is 3.64. The van der Waals surface area contributed by atoms with Crippen molar-refractivity contribution in [1.82, 2.24) is 4.90 Å². The van der Waals surface area contributed by atoms with E-state index < -0.39 is 0 Å². The van der Waals surface area contributed by atoms with E-state index in [-0.39, 0.29) is 0 Å². The van der Waals surface area contributed by atoms with Crippen LogP contribution in [0.15, 0.2) is 0 Å². The van der Waals surface area contributed by atoms with Gasteiger partial charge in [-0.1, -0.05) is 27.7 Å². The molecule has 2 N–H and O–H groups in total. The second kappa shape index (κ2) is 4.63. The highest BCUT2D eigenvalue weighted by Crippen LogP contribution is 2.26. The zero-order valence-electron chi connectivity index (χ0n) is 10.2. The summed E-state index contributed by atoms with van der Waals surface area (Å²) in [5.74, 6) is 0.761. The van der Waals surface area contributed by atoms with E-state index in [1.807, 2.05) is 0 Å². The van der Waals surface area contributed by atoms with Crippen molar-refractivity contribution < 1.29 is 0 Å². The van der Waals surface area contributed by atoms with Gasteiger partial charge >= 0.3 is 0 Å². The smallest absolute Gasteiger partial charge is 0.00631 e. The van der Waals surface area contributed by atoms with Gasteiger partial charge in [0.25, 0.3) is 0 Å². The van der Waals surface area contributed by atoms with E-state index in [1.165, 1.54) is 32.5 Å². The number of piperidine rings is 1. The van der Waals surface area contributed by atoms with Crippen molar-refractivity contribution in [1.29, 1.82) is 0 Å². The number of nitrogens with zero attached hydrogens (tertiary/aromatic N) is 1. The molecule has 1 rings (SSSR count). The van der Waals surface area contributed by atoms with E-state index in [2.05, 4.69) is 32.6 Å². The molecule has 1 aliphatic heterocycles. The molecule has 0 aromatic heterocycles. The summed E-state index contributed by atoms with van der Waals surface area (Å²) < 4.78 is 0. The Bertz CT molecular complexity index is 164. The molecule has 2 heteroatoms. The maximum Gasteiger partial charge on any atom is 0.00631 e. The summed E-state index contributed by atoms with van der Waals surface area (Å²) in [6, 6.07) is 0.455. The molecule has 1 unspecified atom stereocenters. The van der Waals surface area contributed by atoms with Crippen molar-refractivity contribution in [3.8, 4) is 0 Å². The lowest BCUT2D eigenvalue weighted by Crippen LogP contribution is -2.43. The second-order valence-corrected chi connectivity index (χ2v) is 5.91. The van der Waals surface area contributed by atoms with Crippen LogP contribution in [-0.4, -0.2) is 30.6 Å². The molecule has 1 atom stereocenters. The highest BCUT2D eigenvalue weighted by molar-refractivity contribution is 4.78. The van der Waals surface area contributed by atoms with Gasteiger partial charge < -0.3 is 10.6 Å². The van der Waals surface area contributed by atoms with Gasteiger partial charge in [0, 0.05) is 12.6 Å². The molecule has 0 saturated carbocycles. The van der Waals surface area contributed by atoms with Crippen LogP contribution in [0.25, 0.3) is 0 Å². The summed E-state index contributed by atoms with van der Waals surface area (Å²) in [5, 5.41) is 0. The van der Waals surface area contributed by atoms with E-state index in [9.17, 15) is 0 Å².